The highest BCUT2D eigenvalue weighted by Gasteiger charge is 2.11. The molecule has 0 aliphatic carbocycles. The molecule has 1 aromatic carbocycles. The van der Waals surface area contributed by atoms with E-state index < -0.39 is 0 Å². The molecule has 78 valence electrons. The maximum absolute atomic E-state index is 5.76. The van der Waals surface area contributed by atoms with Crippen LogP contribution < -0.4 is 11.1 Å². The molecule has 2 heteroatoms. The van der Waals surface area contributed by atoms with Gasteiger partial charge in [0.1, 0.15) is 0 Å². The maximum Gasteiger partial charge on any atom is 0.0449 e. The van der Waals surface area contributed by atoms with E-state index >= 15 is 0 Å². The smallest absolute Gasteiger partial charge is 0.0449 e. The van der Waals surface area contributed by atoms with Crippen molar-refractivity contribution in [3.05, 3.63) is 35.4 Å². The van der Waals surface area contributed by atoms with Crippen molar-refractivity contribution in [3.8, 4) is 0 Å². The molecule has 0 spiro atoms. The van der Waals surface area contributed by atoms with Gasteiger partial charge in [0.25, 0.3) is 0 Å². The second-order valence-corrected chi connectivity index (χ2v) is 3.97. The fourth-order valence-electron chi connectivity index (χ4n) is 1.66. The first-order valence-corrected chi connectivity index (χ1v) is 5.16. The molecule has 0 aliphatic rings. The SMILES string of the molecule is Cc1ccccc1C(CN)NC(C)C. The van der Waals surface area contributed by atoms with Gasteiger partial charge in [0, 0.05) is 18.6 Å². The highest BCUT2D eigenvalue weighted by Crippen LogP contribution is 2.16. The molecule has 0 aromatic heterocycles. The van der Waals surface area contributed by atoms with Crippen LogP contribution in [0.3, 0.4) is 0 Å². The average Bonchev–Trinajstić information content (AvgIpc) is 2.15. The van der Waals surface area contributed by atoms with Crippen molar-refractivity contribution in [2.45, 2.75) is 32.9 Å². The number of hydrogen-bond donors (Lipinski definition) is 2. The van der Waals surface area contributed by atoms with Crippen LogP contribution in [0.5, 0.6) is 0 Å². The number of benzene rings is 1. The van der Waals surface area contributed by atoms with E-state index in [0.29, 0.717) is 12.6 Å². The van der Waals surface area contributed by atoms with Gasteiger partial charge in [0.05, 0.1) is 0 Å². The molecule has 0 bridgehead atoms. The van der Waals surface area contributed by atoms with Crippen LogP contribution in [0.1, 0.15) is 31.0 Å². The van der Waals surface area contributed by atoms with Crippen LogP contribution in [0.4, 0.5) is 0 Å². The van der Waals surface area contributed by atoms with Crippen molar-refractivity contribution < 1.29 is 0 Å². The predicted molar refractivity (Wildman–Crippen MR) is 61.2 cm³/mol. The van der Waals surface area contributed by atoms with Gasteiger partial charge in [-0.25, -0.2) is 0 Å². The van der Waals surface area contributed by atoms with E-state index in [9.17, 15) is 0 Å². The van der Waals surface area contributed by atoms with E-state index in [1.807, 2.05) is 0 Å². The molecule has 1 aromatic rings. The first kappa shape index (κ1) is 11.2. The lowest BCUT2D eigenvalue weighted by Gasteiger charge is -2.21. The summed E-state index contributed by atoms with van der Waals surface area (Å²) in [7, 11) is 0. The number of rotatable bonds is 4. The lowest BCUT2D eigenvalue weighted by Crippen LogP contribution is -2.33. The van der Waals surface area contributed by atoms with Gasteiger partial charge < -0.3 is 11.1 Å². The summed E-state index contributed by atoms with van der Waals surface area (Å²) in [6, 6.07) is 9.12. The molecule has 1 unspecified atom stereocenters. The molecule has 3 N–H and O–H groups in total. The third-order valence-corrected chi connectivity index (χ3v) is 2.33. The fourth-order valence-corrected chi connectivity index (χ4v) is 1.66. The summed E-state index contributed by atoms with van der Waals surface area (Å²) in [4.78, 5) is 0. The number of hydrogen-bond acceptors (Lipinski definition) is 2. The molecule has 14 heavy (non-hydrogen) atoms. The Morgan fingerprint density at radius 1 is 1.29 bits per heavy atom. The summed E-state index contributed by atoms with van der Waals surface area (Å²) < 4.78 is 0. The zero-order chi connectivity index (χ0) is 10.6. The molecule has 0 amide bonds. The Morgan fingerprint density at radius 3 is 2.43 bits per heavy atom. The van der Waals surface area contributed by atoms with Gasteiger partial charge in [0.2, 0.25) is 0 Å². The van der Waals surface area contributed by atoms with Gasteiger partial charge in [-0.3, -0.25) is 0 Å². The van der Waals surface area contributed by atoms with Crippen molar-refractivity contribution in [3.63, 3.8) is 0 Å². The molecule has 1 atom stereocenters. The van der Waals surface area contributed by atoms with Crippen LogP contribution in [0.25, 0.3) is 0 Å². The molecule has 1 rings (SSSR count). The third kappa shape index (κ3) is 2.82. The highest BCUT2D eigenvalue weighted by molar-refractivity contribution is 5.29. The zero-order valence-corrected chi connectivity index (χ0v) is 9.25. The van der Waals surface area contributed by atoms with Crippen LogP contribution in [0.15, 0.2) is 24.3 Å². The highest BCUT2D eigenvalue weighted by atomic mass is 15.0. The summed E-state index contributed by atoms with van der Waals surface area (Å²) in [5, 5.41) is 3.46. The van der Waals surface area contributed by atoms with Crippen LogP contribution in [0.2, 0.25) is 0 Å². The van der Waals surface area contributed by atoms with Crippen molar-refractivity contribution in [1.29, 1.82) is 0 Å². The minimum Gasteiger partial charge on any atom is -0.329 e. The summed E-state index contributed by atoms with van der Waals surface area (Å²) >= 11 is 0. The molecule has 0 saturated heterocycles. The molecular weight excluding hydrogens is 172 g/mol. The van der Waals surface area contributed by atoms with Crippen molar-refractivity contribution in [2.75, 3.05) is 6.54 Å². The summed E-state index contributed by atoms with van der Waals surface area (Å²) in [5.74, 6) is 0. The van der Waals surface area contributed by atoms with Gasteiger partial charge >= 0.3 is 0 Å². The van der Waals surface area contributed by atoms with Gasteiger partial charge in [-0.2, -0.15) is 0 Å². The Kier molecular flexibility index (Phi) is 4.11. The topological polar surface area (TPSA) is 38.0 Å². The minimum atomic E-state index is 0.274. The van der Waals surface area contributed by atoms with E-state index in [1.165, 1.54) is 11.1 Å². The molecule has 0 saturated carbocycles. The fraction of sp³-hybridized carbons (Fsp3) is 0.500. The summed E-state index contributed by atoms with van der Waals surface area (Å²) in [6.45, 7) is 7.05. The first-order valence-electron chi connectivity index (χ1n) is 5.16. The quantitative estimate of drug-likeness (QED) is 0.765. The van der Waals surface area contributed by atoms with E-state index in [1.54, 1.807) is 0 Å². The summed E-state index contributed by atoms with van der Waals surface area (Å²) in [6.07, 6.45) is 0. The second kappa shape index (κ2) is 5.13. The zero-order valence-electron chi connectivity index (χ0n) is 9.25. The Labute approximate surface area is 86.5 Å². The van der Waals surface area contributed by atoms with Crippen LogP contribution in [-0.2, 0) is 0 Å². The van der Waals surface area contributed by atoms with E-state index in [2.05, 4.69) is 50.4 Å². The Bertz CT molecular complexity index is 281. The molecular formula is C12H20N2. The lowest BCUT2D eigenvalue weighted by molar-refractivity contribution is 0.482. The normalized spacial score (nSPS) is 13.2. The van der Waals surface area contributed by atoms with Crippen LogP contribution >= 0.6 is 0 Å². The van der Waals surface area contributed by atoms with E-state index in [-0.39, 0.29) is 6.04 Å². The second-order valence-electron chi connectivity index (χ2n) is 3.97. The number of nitrogens with one attached hydrogen (secondary N) is 1. The molecule has 2 nitrogen and oxygen atoms in total. The van der Waals surface area contributed by atoms with Gasteiger partial charge in [-0.05, 0) is 18.1 Å². The largest absolute Gasteiger partial charge is 0.329 e. The van der Waals surface area contributed by atoms with Gasteiger partial charge in [0.15, 0.2) is 0 Å². The predicted octanol–water partition coefficient (Wildman–Crippen LogP) is 1.99. The monoisotopic (exact) mass is 192 g/mol. The number of nitrogens with two attached hydrogens (primary N) is 1. The third-order valence-electron chi connectivity index (χ3n) is 2.33. The minimum absolute atomic E-state index is 0.274. The Morgan fingerprint density at radius 2 is 1.93 bits per heavy atom. The van der Waals surface area contributed by atoms with Crippen molar-refractivity contribution >= 4 is 0 Å². The standard InChI is InChI=1S/C12H20N2/c1-9(2)14-12(8-13)11-7-5-4-6-10(11)3/h4-7,9,12,14H,8,13H2,1-3H3. The van der Waals surface area contributed by atoms with E-state index in [0.717, 1.165) is 0 Å². The Hall–Kier alpha value is -0.860. The van der Waals surface area contributed by atoms with Gasteiger partial charge in [-0.1, -0.05) is 38.1 Å². The van der Waals surface area contributed by atoms with Gasteiger partial charge in [-0.15, -0.1) is 0 Å². The number of aryl methyl sites for hydroxylation is 1. The maximum atomic E-state index is 5.76. The molecule has 0 aliphatic heterocycles. The summed E-state index contributed by atoms with van der Waals surface area (Å²) in [5.41, 5.74) is 8.37. The first-order chi connectivity index (χ1) is 6.65. The molecule has 0 fully saturated rings. The van der Waals surface area contributed by atoms with E-state index in [4.69, 9.17) is 5.73 Å². The van der Waals surface area contributed by atoms with Crippen molar-refractivity contribution in [1.82, 2.24) is 5.32 Å². The molecule has 0 radical (unpaired) electrons. The Balaban J connectivity index is 2.83. The van der Waals surface area contributed by atoms with Crippen LogP contribution in [0, 0.1) is 6.92 Å². The lowest BCUT2D eigenvalue weighted by atomic mass is 10.0. The molecule has 0 heterocycles. The van der Waals surface area contributed by atoms with Crippen molar-refractivity contribution in [2.24, 2.45) is 5.73 Å². The van der Waals surface area contributed by atoms with Crippen LogP contribution in [-0.4, -0.2) is 12.6 Å². The average molecular weight is 192 g/mol.